The lowest BCUT2D eigenvalue weighted by atomic mass is 9.43. The second-order valence-electron chi connectivity index (χ2n) is 18.8. The minimum atomic E-state index is -1.13. The number of benzene rings is 1. The standard InChI is InChI=1S/C45H71IN4O11/c1-6-7-8-9-15-44(4,57)45(46)18-14-30-28-24-34(51)31-23-27(12-16-42(31,2)29(28)13-17-43(30,45)3)61-41(56)32(47)25-36(52)49-19-20-59-21-22-60-26-37(53)50-33-10-11-35(58-5)38(39(33)54)40(48)55/h10-11,27-32,34,51,54,57H,6-9,12-26,47H2,1-5H3,(H2,48,55)(H,49,52)(H,50,53)/t27-,28+,29-,30?,31+,32-,34-,42+,43-,44-,45+/m0/s1. The number of amides is 3. The summed E-state index contributed by atoms with van der Waals surface area (Å²) >= 11 is 2.64. The number of aliphatic hydroxyl groups excluding tert-OH is 1. The lowest BCUT2D eigenvalue weighted by Gasteiger charge is -2.63. The van der Waals surface area contributed by atoms with E-state index < -0.39 is 47.2 Å². The molecule has 4 aliphatic carbocycles. The predicted octanol–water partition coefficient (Wildman–Crippen LogP) is 5.13. The van der Waals surface area contributed by atoms with Gasteiger partial charge >= 0.3 is 5.97 Å². The van der Waals surface area contributed by atoms with Gasteiger partial charge in [0.2, 0.25) is 11.8 Å². The number of aromatic hydroxyl groups is 1. The van der Waals surface area contributed by atoms with Crippen molar-refractivity contribution in [3.8, 4) is 11.5 Å². The molecule has 3 amide bonds. The first-order chi connectivity index (χ1) is 28.8. The first kappa shape index (κ1) is 49.2. The number of unbranched alkanes of at least 4 members (excludes halogenated alkanes) is 3. The summed E-state index contributed by atoms with van der Waals surface area (Å²) in [5.74, 6) is -1.66. The zero-order chi connectivity index (χ0) is 44.8. The van der Waals surface area contributed by atoms with Gasteiger partial charge in [0, 0.05) is 6.54 Å². The van der Waals surface area contributed by atoms with Crippen molar-refractivity contribution in [2.75, 3.05) is 45.4 Å². The molecular weight excluding hydrogens is 899 g/mol. The number of phenols is 1. The summed E-state index contributed by atoms with van der Waals surface area (Å²) in [5.41, 5.74) is 10.3. The second kappa shape index (κ2) is 20.8. The van der Waals surface area contributed by atoms with E-state index >= 15 is 0 Å². The summed E-state index contributed by atoms with van der Waals surface area (Å²) in [7, 11) is 1.32. The monoisotopic (exact) mass is 970 g/mol. The van der Waals surface area contributed by atoms with Gasteiger partial charge in [-0.15, -0.1) is 0 Å². The highest BCUT2D eigenvalue weighted by molar-refractivity contribution is 14.1. The van der Waals surface area contributed by atoms with E-state index in [1.165, 1.54) is 32.1 Å². The molecule has 4 fully saturated rings. The largest absolute Gasteiger partial charge is 0.505 e. The minimum absolute atomic E-state index is 0.000268. The topological polar surface area (TPSA) is 242 Å². The van der Waals surface area contributed by atoms with Crippen LogP contribution in [0.1, 0.15) is 128 Å². The van der Waals surface area contributed by atoms with Crippen LogP contribution in [0.3, 0.4) is 0 Å². The molecule has 1 unspecified atom stereocenters. The van der Waals surface area contributed by atoms with Gasteiger partial charge in [-0.1, -0.05) is 69.0 Å². The van der Waals surface area contributed by atoms with Crippen molar-refractivity contribution in [1.29, 1.82) is 0 Å². The minimum Gasteiger partial charge on any atom is -0.505 e. The number of esters is 1. The number of methoxy groups -OCH3 is 1. The molecule has 0 saturated heterocycles. The molecule has 16 heteroatoms. The van der Waals surface area contributed by atoms with Gasteiger partial charge in [0.1, 0.15) is 30.1 Å². The molecular formula is C45H71IN4O11. The Hall–Kier alpha value is -2.77. The highest BCUT2D eigenvalue weighted by atomic mass is 127. The Bertz CT molecular complexity index is 1720. The summed E-state index contributed by atoms with van der Waals surface area (Å²) in [4.78, 5) is 49.6. The summed E-state index contributed by atoms with van der Waals surface area (Å²) in [5, 5.41) is 39.3. The summed E-state index contributed by atoms with van der Waals surface area (Å²) < 4.78 is 21.5. The van der Waals surface area contributed by atoms with Crippen LogP contribution in [-0.2, 0) is 28.6 Å². The van der Waals surface area contributed by atoms with E-state index in [1.807, 2.05) is 0 Å². The molecule has 1 aromatic carbocycles. The number of fused-ring (bicyclic) bond motifs is 5. The molecule has 0 heterocycles. The average Bonchev–Trinajstić information content (AvgIpc) is 3.50. The SMILES string of the molecule is CCCCCC[C@](C)(O)[C@@]1(I)CCC2[C@@H]3C[C@H](O)[C@H]4C[C@@H](OC(=O)[C@@H](N)CC(=O)NCCOCCOCC(=O)Nc5ccc(OC)c(C(N)=O)c5O)CC[C@]4(C)[C@H]3CC[C@@]21C. The quantitative estimate of drug-likeness (QED) is 0.0279. The molecule has 4 aliphatic rings. The van der Waals surface area contributed by atoms with E-state index in [0.717, 1.165) is 57.8 Å². The lowest BCUT2D eigenvalue weighted by molar-refractivity contribution is -0.185. The molecule has 0 bridgehead atoms. The average molecular weight is 971 g/mol. The Morgan fingerprint density at radius 3 is 2.39 bits per heavy atom. The number of halogens is 1. The first-order valence-electron chi connectivity index (χ1n) is 22.3. The van der Waals surface area contributed by atoms with Crippen molar-refractivity contribution < 1.29 is 53.4 Å². The highest BCUT2D eigenvalue weighted by Crippen LogP contribution is 2.72. The molecule has 61 heavy (non-hydrogen) atoms. The van der Waals surface area contributed by atoms with Crippen LogP contribution in [0.25, 0.3) is 0 Å². The Morgan fingerprint density at radius 1 is 0.967 bits per heavy atom. The lowest BCUT2D eigenvalue weighted by Crippen LogP contribution is -2.62. The maximum Gasteiger partial charge on any atom is 0.323 e. The van der Waals surface area contributed by atoms with Crippen LogP contribution < -0.4 is 26.8 Å². The Balaban J connectivity index is 0.996. The van der Waals surface area contributed by atoms with Crippen LogP contribution in [0.15, 0.2) is 12.1 Å². The number of hydrogen-bond acceptors (Lipinski definition) is 12. The number of nitrogens with two attached hydrogens (primary N) is 2. The molecule has 11 atom stereocenters. The van der Waals surface area contributed by atoms with Gasteiger partial charge in [-0.05, 0) is 111 Å². The van der Waals surface area contributed by atoms with Crippen molar-refractivity contribution in [2.45, 2.75) is 145 Å². The van der Waals surface area contributed by atoms with Gasteiger partial charge in [0.05, 0.1) is 54.2 Å². The molecule has 1 aromatic rings. The predicted molar refractivity (Wildman–Crippen MR) is 238 cm³/mol. The maximum absolute atomic E-state index is 13.1. The molecule has 15 nitrogen and oxygen atoms in total. The number of primary amides is 1. The number of alkyl halides is 1. The first-order valence-corrected chi connectivity index (χ1v) is 23.4. The van der Waals surface area contributed by atoms with Crippen molar-refractivity contribution in [3.63, 3.8) is 0 Å². The van der Waals surface area contributed by atoms with E-state index in [4.69, 9.17) is 30.4 Å². The van der Waals surface area contributed by atoms with Gasteiger partial charge in [0.15, 0.2) is 5.75 Å². The Labute approximate surface area is 374 Å². The molecule has 4 saturated carbocycles. The fourth-order valence-corrected chi connectivity index (χ4v) is 13.1. The maximum atomic E-state index is 13.1. The van der Waals surface area contributed by atoms with E-state index in [1.54, 1.807) is 0 Å². The second-order valence-corrected chi connectivity index (χ2v) is 20.6. The number of ether oxygens (including phenoxy) is 4. The van der Waals surface area contributed by atoms with Crippen LogP contribution >= 0.6 is 22.6 Å². The van der Waals surface area contributed by atoms with Gasteiger partial charge in [-0.25, -0.2) is 0 Å². The fraction of sp³-hybridized carbons (Fsp3) is 0.778. The van der Waals surface area contributed by atoms with Crippen LogP contribution in [0.4, 0.5) is 5.69 Å². The van der Waals surface area contributed by atoms with Gasteiger partial charge in [0.25, 0.3) is 5.91 Å². The Kier molecular flexibility index (Phi) is 16.8. The smallest absolute Gasteiger partial charge is 0.323 e. The van der Waals surface area contributed by atoms with Crippen molar-refractivity contribution in [1.82, 2.24) is 5.32 Å². The zero-order valence-corrected chi connectivity index (χ0v) is 38.9. The van der Waals surface area contributed by atoms with Gasteiger partial charge < -0.3 is 56.4 Å². The van der Waals surface area contributed by atoms with Crippen molar-refractivity contribution in [3.05, 3.63) is 17.7 Å². The number of carbonyl (C=O) groups is 4. The van der Waals surface area contributed by atoms with Crippen molar-refractivity contribution in [2.24, 2.45) is 46.0 Å². The normalized spacial score (nSPS) is 32.0. The van der Waals surface area contributed by atoms with Gasteiger partial charge in [-0.2, -0.15) is 0 Å². The van der Waals surface area contributed by atoms with Crippen LogP contribution in [-0.4, -0.2) is 106 Å². The van der Waals surface area contributed by atoms with Crippen LogP contribution in [0.5, 0.6) is 11.5 Å². The zero-order valence-electron chi connectivity index (χ0n) is 36.8. The molecule has 9 N–H and O–H groups in total. The summed E-state index contributed by atoms with van der Waals surface area (Å²) in [6.07, 6.45) is 11.4. The van der Waals surface area contributed by atoms with E-state index in [9.17, 15) is 34.5 Å². The van der Waals surface area contributed by atoms with Crippen LogP contribution in [0, 0.1) is 34.5 Å². The number of nitrogens with one attached hydrogen (secondary N) is 2. The summed E-state index contributed by atoms with van der Waals surface area (Å²) in [6.45, 7) is 9.25. The third-order valence-electron chi connectivity index (χ3n) is 15.1. The van der Waals surface area contributed by atoms with E-state index in [2.05, 4.69) is 60.9 Å². The molecule has 5 rings (SSSR count). The van der Waals surface area contributed by atoms with Crippen LogP contribution in [0.2, 0.25) is 0 Å². The number of carbonyl (C=O) groups excluding carboxylic acids is 4. The number of aliphatic hydroxyl groups is 2. The molecule has 0 aromatic heterocycles. The molecule has 0 spiro atoms. The number of anilines is 1. The third kappa shape index (κ3) is 10.6. The molecule has 344 valence electrons. The fourth-order valence-electron chi connectivity index (χ4n) is 11.9. The molecule has 0 aliphatic heterocycles. The van der Waals surface area contributed by atoms with Gasteiger partial charge in [-0.3, -0.25) is 19.2 Å². The Morgan fingerprint density at radius 2 is 1.69 bits per heavy atom. The van der Waals surface area contributed by atoms with E-state index in [-0.39, 0.29) is 82.7 Å². The molecule has 0 radical (unpaired) electrons. The van der Waals surface area contributed by atoms with Crippen molar-refractivity contribution >= 4 is 52.0 Å². The third-order valence-corrected chi connectivity index (χ3v) is 18.1. The van der Waals surface area contributed by atoms with E-state index in [0.29, 0.717) is 30.6 Å². The summed E-state index contributed by atoms with van der Waals surface area (Å²) in [6, 6.07) is 1.63. The highest BCUT2D eigenvalue weighted by Gasteiger charge is 2.69. The number of hydrogen-bond donors (Lipinski definition) is 7. The number of rotatable bonds is 21.